The highest BCUT2D eigenvalue weighted by atomic mass is 19.1. The molecule has 3 unspecified atom stereocenters. The van der Waals surface area contributed by atoms with Crippen molar-refractivity contribution < 1.29 is 18.8 Å². The van der Waals surface area contributed by atoms with Gasteiger partial charge in [0.25, 0.3) is 5.91 Å². The molecule has 0 bridgehead atoms. The standard InChI is InChI=1S/C22H29FN4O3/c23-17-7-3-5-15(11-17)14-27-21(29)18(25-22(27)30)12-20(28)24-13-16-6-4-10-26-9-2-1-8-19(16)26/h3,5,7,11,16,18-19H,1-2,4,6,8-10,12-14H2,(H,24,28)(H,25,30). The Labute approximate surface area is 176 Å². The molecule has 0 saturated carbocycles. The molecule has 162 valence electrons. The summed E-state index contributed by atoms with van der Waals surface area (Å²) in [4.78, 5) is 40.8. The summed E-state index contributed by atoms with van der Waals surface area (Å²) >= 11 is 0. The lowest BCUT2D eigenvalue weighted by Gasteiger charge is -2.44. The van der Waals surface area contributed by atoms with Gasteiger partial charge in [-0.25, -0.2) is 9.18 Å². The molecule has 3 heterocycles. The van der Waals surface area contributed by atoms with E-state index in [-0.39, 0.29) is 18.9 Å². The van der Waals surface area contributed by atoms with Crippen molar-refractivity contribution in [2.75, 3.05) is 19.6 Å². The molecule has 1 aromatic carbocycles. The molecule has 4 rings (SSSR count). The molecule has 8 heteroatoms. The predicted octanol–water partition coefficient (Wildman–Crippen LogP) is 2.02. The van der Waals surface area contributed by atoms with Crippen LogP contribution in [-0.2, 0) is 16.1 Å². The largest absolute Gasteiger partial charge is 0.356 e. The van der Waals surface area contributed by atoms with Crippen LogP contribution in [0.25, 0.3) is 0 Å². The van der Waals surface area contributed by atoms with Gasteiger partial charge in [-0.3, -0.25) is 14.5 Å². The van der Waals surface area contributed by atoms with Crippen LogP contribution >= 0.6 is 0 Å². The molecule has 3 atom stereocenters. The molecule has 2 N–H and O–H groups in total. The van der Waals surface area contributed by atoms with E-state index in [9.17, 15) is 18.8 Å². The summed E-state index contributed by atoms with van der Waals surface area (Å²) < 4.78 is 13.4. The summed E-state index contributed by atoms with van der Waals surface area (Å²) in [6, 6.07) is 4.91. The quantitative estimate of drug-likeness (QED) is 0.696. The van der Waals surface area contributed by atoms with Crippen molar-refractivity contribution in [1.29, 1.82) is 0 Å². The van der Waals surface area contributed by atoms with E-state index in [0.717, 1.165) is 30.8 Å². The number of halogens is 1. The highest BCUT2D eigenvalue weighted by Gasteiger charge is 2.39. The van der Waals surface area contributed by atoms with Crippen LogP contribution in [0, 0.1) is 11.7 Å². The Morgan fingerprint density at radius 1 is 1.17 bits per heavy atom. The fraction of sp³-hybridized carbons (Fsp3) is 0.591. The van der Waals surface area contributed by atoms with Crippen LogP contribution in [0.3, 0.4) is 0 Å². The van der Waals surface area contributed by atoms with Gasteiger partial charge in [-0.2, -0.15) is 0 Å². The highest BCUT2D eigenvalue weighted by Crippen LogP contribution is 2.30. The maximum Gasteiger partial charge on any atom is 0.325 e. The Balaban J connectivity index is 1.28. The van der Waals surface area contributed by atoms with Crippen molar-refractivity contribution in [2.45, 2.75) is 57.2 Å². The second-order valence-corrected chi connectivity index (χ2v) is 8.57. The molecule has 3 fully saturated rings. The number of nitrogens with one attached hydrogen (secondary N) is 2. The van der Waals surface area contributed by atoms with Crippen molar-refractivity contribution in [2.24, 2.45) is 5.92 Å². The molecule has 3 aliphatic heterocycles. The van der Waals surface area contributed by atoms with Crippen LogP contribution in [0.1, 0.15) is 44.1 Å². The highest BCUT2D eigenvalue weighted by molar-refractivity contribution is 6.05. The number of fused-ring (bicyclic) bond motifs is 1. The number of amides is 4. The third-order valence-electron chi connectivity index (χ3n) is 6.52. The van der Waals surface area contributed by atoms with E-state index in [4.69, 9.17) is 0 Å². The lowest BCUT2D eigenvalue weighted by Crippen LogP contribution is -2.51. The predicted molar refractivity (Wildman–Crippen MR) is 109 cm³/mol. The molecule has 3 saturated heterocycles. The molecule has 4 amide bonds. The second-order valence-electron chi connectivity index (χ2n) is 8.57. The fourth-order valence-corrected chi connectivity index (χ4v) is 5.00. The lowest BCUT2D eigenvalue weighted by atomic mass is 9.83. The van der Waals surface area contributed by atoms with Gasteiger partial charge in [0.1, 0.15) is 11.9 Å². The zero-order chi connectivity index (χ0) is 21.1. The van der Waals surface area contributed by atoms with Gasteiger partial charge < -0.3 is 15.5 Å². The first-order valence-electron chi connectivity index (χ1n) is 10.9. The number of benzene rings is 1. The van der Waals surface area contributed by atoms with Crippen LogP contribution < -0.4 is 10.6 Å². The first kappa shape index (κ1) is 20.8. The van der Waals surface area contributed by atoms with Gasteiger partial charge in [-0.15, -0.1) is 0 Å². The van der Waals surface area contributed by atoms with E-state index in [1.165, 1.54) is 37.5 Å². The van der Waals surface area contributed by atoms with Gasteiger partial charge in [0.2, 0.25) is 5.91 Å². The maximum absolute atomic E-state index is 13.4. The maximum atomic E-state index is 13.4. The summed E-state index contributed by atoms with van der Waals surface area (Å²) in [7, 11) is 0. The summed E-state index contributed by atoms with van der Waals surface area (Å²) in [6.45, 7) is 2.90. The molecule has 0 radical (unpaired) electrons. The van der Waals surface area contributed by atoms with Crippen LogP contribution in [-0.4, -0.2) is 59.4 Å². The van der Waals surface area contributed by atoms with E-state index in [2.05, 4.69) is 15.5 Å². The van der Waals surface area contributed by atoms with Gasteiger partial charge in [-0.05, 0) is 62.4 Å². The summed E-state index contributed by atoms with van der Waals surface area (Å²) in [5, 5.41) is 5.56. The van der Waals surface area contributed by atoms with E-state index in [1.54, 1.807) is 6.07 Å². The van der Waals surface area contributed by atoms with Crippen LogP contribution in [0.2, 0.25) is 0 Å². The zero-order valence-corrected chi connectivity index (χ0v) is 17.1. The SMILES string of the molecule is O=C(CC1NC(=O)N(Cc2cccc(F)c2)C1=O)NCC1CCCN2CCCCC12. The average Bonchev–Trinajstić information content (AvgIpc) is 2.99. The van der Waals surface area contributed by atoms with E-state index in [0.29, 0.717) is 24.1 Å². The third-order valence-corrected chi connectivity index (χ3v) is 6.52. The minimum atomic E-state index is -0.872. The molecule has 0 aromatic heterocycles. The molecule has 3 aliphatic rings. The van der Waals surface area contributed by atoms with Gasteiger partial charge in [0, 0.05) is 12.6 Å². The normalized spacial score (nSPS) is 27.0. The van der Waals surface area contributed by atoms with Gasteiger partial charge in [0.05, 0.1) is 13.0 Å². The van der Waals surface area contributed by atoms with E-state index >= 15 is 0 Å². The van der Waals surface area contributed by atoms with Gasteiger partial charge >= 0.3 is 6.03 Å². The number of piperidine rings is 2. The third kappa shape index (κ3) is 4.64. The van der Waals surface area contributed by atoms with E-state index in [1.807, 2.05) is 0 Å². The molecule has 1 aromatic rings. The molecular weight excluding hydrogens is 387 g/mol. The van der Waals surface area contributed by atoms with Crippen molar-refractivity contribution in [3.8, 4) is 0 Å². The number of nitrogens with zero attached hydrogens (tertiary/aromatic N) is 2. The van der Waals surface area contributed by atoms with Gasteiger partial charge in [-0.1, -0.05) is 18.6 Å². The Kier molecular flexibility index (Phi) is 6.32. The van der Waals surface area contributed by atoms with Gasteiger partial charge in [0.15, 0.2) is 0 Å². The minimum absolute atomic E-state index is 0.0138. The Morgan fingerprint density at radius 2 is 2.00 bits per heavy atom. The Hall–Kier alpha value is -2.48. The molecular formula is C22H29FN4O3. The molecule has 30 heavy (non-hydrogen) atoms. The smallest absolute Gasteiger partial charge is 0.325 e. The topological polar surface area (TPSA) is 81.8 Å². The number of hydrogen-bond donors (Lipinski definition) is 2. The number of carbonyl (C=O) groups excluding carboxylic acids is 3. The first-order chi connectivity index (χ1) is 14.5. The summed E-state index contributed by atoms with van der Waals surface area (Å²) in [5.74, 6) is -0.652. The fourth-order valence-electron chi connectivity index (χ4n) is 5.00. The van der Waals surface area contributed by atoms with E-state index < -0.39 is 23.8 Å². The number of imide groups is 1. The zero-order valence-electron chi connectivity index (χ0n) is 17.1. The number of carbonyl (C=O) groups is 3. The molecule has 0 spiro atoms. The van der Waals surface area contributed by atoms with Crippen LogP contribution in [0.4, 0.5) is 9.18 Å². The van der Waals surface area contributed by atoms with Crippen molar-refractivity contribution in [1.82, 2.24) is 20.4 Å². The Bertz CT molecular complexity index is 815. The van der Waals surface area contributed by atoms with Crippen LogP contribution in [0.15, 0.2) is 24.3 Å². The van der Waals surface area contributed by atoms with Crippen molar-refractivity contribution in [3.63, 3.8) is 0 Å². The number of rotatable bonds is 6. The van der Waals surface area contributed by atoms with Crippen molar-refractivity contribution >= 4 is 17.8 Å². The Morgan fingerprint density at radius 3 is 2.83 bits per heavy atom. The van der Waals surface area contributed by atoms with Crippen molar-refractivity contribution in [3.05, 3.63) is 35.6 Å². The minimum Gasteiger partial charge on any atom is -0.356 e. The second kappa shape index (κ2) is 9.12. The monoisotopic (exact) mass is 416 g/mol. The number of urea groups is 1. The lowest BCUT2D eigenvalue weighted by molar-refractivity contribution is -0.131. The summed E-state index contributed by atoms with van der Waals surface area (Å²) in [5.41, 5.74) is 0.526. The number of hydrogen-bond acceptors (Lipinski definition) is 4. The average molecular weight is 416 g/mol. The molecule has 0 aliphatic carbocycles. The summed E-state index contributed by atoms with van der Waals surface area (Å²) in [6.07, 6.45) is 5.88. The van der Waals surface area contributed by atoms with Crippen LogP contribution in [0.5, 0.6) is 0 Å². The molecule has 7 nitrogen and oxygen atoms in total. The first-order valence-corrected chi connectivity index (χ1v) is 10.9.